The molecule has 0 aromatic rings. The van der Waals surface area contributed by atoms with Crippen LogP contribution in [0.3, 0.4) is 0 Å². The van der Waals surface area contributed by atoms with Crippen LogP contribution in [-0.4, -0.2) is 24.0 Å². The lowest BCUT2D eigenvalue weighted by molar-refractivity contribution is 0.173. The summed E-state index contributed by atoms with van der Waals surface area (Å²) in [5.41, 5.74) is 0.288. The van der Waals surface area contributed by atoms with Crippen molar-refractivity contribution in [2.45, 2.75) is 45.6 Å². The Hall–Kier alpha value is -0.480. The van der Waals surface area contributed by atoms with Crippen molar-refractivity contribution in [3.63, 3.8) is 0 Å². The van der Waals surface area contributed by atoms with E-state index in [2.05, 4.69) is 38.6 Å². The van der Waals surface area contributed by atoms with Crippen molar-refractivity contribution in [1.29, 1.82) is 0 Å². The molecule has 0 spiro atoms. The second kappa shape index (κ2) is 5.22. The molecule has 1 heteroatoms. The van der Waals surface area contributed by atoms with Gasteiger partial charge in [0.15, 0.2) is 0 Å². The summed E-state index contributed by atoms with van der Waals surface area (Å²) in [6.45, 7) is 7.84. The van der Waals surface area contributed by atoms with Crippen molar-refractivity contribution >= 4 is 0 Å². The van der Waals surface area contributed by atoms with Gasteiger partial charge in [0, 0.05) is 12.0 Å². The van der Waals surface area contributed by atoms with Crippen molar-refractivity contribution in [2.24, 2.45) is 0 Å². The molecule has 0 heterocycles. The summed E-state index contributed by atoms with van der Waals surface area (Å²) in [5, 5.41) is 0. The maximum Gasteiger partial charge on any atom is 0.0122 e. The molecule has 0 atom stereocenters. The SMILES string of the molecule is C#CCCCCN(C)C(C)(C)C. The topological polar surface area (TPSA) is 3.24 Å². The standard InChI is InChI=1S/C11H21N/c1-6-7-8-9-10-12(5)11(2,3)4/h1H,7-10H2,2-5H3. The molecular formula is C11H21N. The first-order valence-corrected chi connectivity index (χ1v) is 4.63. The van der Waals surface area contributed by atoms with E-state index in [1.54, 1.807) is 0 Å². The van der Waals surface area contributed by atoms with Gasteiger partial charge in [-0.25, -0.2) is 0 Å². The second-order valence-electron chi connectivity index (χ2n) is 4.25. The smallest absolute Gasteiger partial charge is 0.0122 e. The Bertz CT molecular complexity index is 147. The van der Waals surface area contributed by atoms with E-state index >= 15 is 0 Å². The monoisotopic (exact) mass is 167 g/mol. The van der Waals surface area contributed by atoms with Crippen molar-refractivity contribution in [2.75, 3.05) is 13.6 Å². The Morgan fingerprint density at radius 2 is 1.83 bits per heavy atom. The number of rotatable bonds is 4. The minimum absolute atomic E-state index is 0.288. The molecule has 0 rings (SSSR count). The van der Waals surface area contributed by atoms with Crippen LogP contribution in [0.15, 0.2) is 0 Å². The molecule has 70 valence electrons. The minimum Gasteiger partial charge on any atom is -0.302 e. The number of hydrogen-bond acceptors (Lipinski definition) is 1. The molecule has 0 aliphatic carbocycles. The van der Waals surface area contributed by atoms with Crippen molar-refractivity contribution in [1.82, 2.24) is 4.90 Å². The summed E-state index contributed by atoms with van der Waals surface area (Å²) in [5.74, 6) is 2.66. The molecule has 0 saturated carbocycles. The number of unbranched alkanes of at least 4 members (excludes halogenated alkanes) is 2. The summed E-state index contributed by atoms with van der Waals surface area (Å²) >= 11 is 0. The zero-order valence-corrected chi connectivity index (χ0v) is 8.85. The molecule has 0 radical (unpaired) electrons. The van der Waals surface area contributed by atoms with Gasteiger partial charge in [0.2, 0.25) is 0 Å². The Kier molecular flexibility index (Phi) is 5.01. The molecule has 12 heavy (non-hydrogen) atoms. The molecular weight excluding hydrogens is 146 g/mol. The summed E-state index contributed by atoms with van der Waals surface area (Å²) in [6, 6.07) is 0. The van der Waals surface area contributed by atoms with E-state index in [0.717, 1.165) is 19.4 Å². The fourth-order valence-electron chi connectivity index (χ4n) is 0.911. The van der Waals surface area contributed by atoms with Crippen LogP contribution in [0, 0.1) is 12.3 Å². The van der Waals surface area contributed by atoms with Gasteiger partial charge in [-0.2, -0.15) is 0 Å². The Morgan fingerprint density at radius 1 is 1.25 bits per heavy atom. The third kappa shape index (κ3) is 5.21. The average molecular weight is 167 g/mol. The van der Waals surface area contributed by atoms with Crippen LogP contribution in [0.1, 0.15) is 40.0 Å². The lowest BCUT2D eigenvalue weighted by Gasteiger charge is -2.31. The van der Waals surface area contributed by atoms with Crippen LogP contribution in [0.4, 0.5) is 0 Å². The lowest BCUT2D eigenvalue weighted by Crippen LogP contribution is -2.38. The molecule has 0 fully saturated rings. The van der Waals surface area contributed by atoms with Crippen LogP contribution < -0.4 is 0 Å². The third-order valence-corrected chi connectivity index (χ3v) is 2.21. The lowest BCUT2D eigenvalue weighted by atomic mass is 10.1. The first-order valence-electron chi connectivity index (χ1n) is 4.63. The molecule has 0 saturated heterocycles. The quantitative estimate of drug-likeness (QED) is 0.459. The van der Waals surface area contributed by atoms with Gasteiger partial charge in [0.25, 0.3) is 0 Å². The van der Waals surface area contributed by atoms with Gasteiger partial charge in [-0.1, -0.05) is 0 Å². The molecule has 0 N–H and O–H groups in total. The highest BCUT2D eigenvalue weighted by atomic mass is 15.1. The third-order valence-electron chi connectivity index (χ3n) is 2.21. The van der Waals surface area contributed by atoms with Crippen molar-refractivity contribution in [3.05, 3.63) is 0 Å². The molecule has 0 aromatic heterocycles. The normalized spacial score (nSPS) is 11.7. The van der Waals surface area contributed by atoms with E-state index in [1.807, 2.05) is 0 Å². The van der Waals surface area contributed by atoms with Crippen LogP contribution in [0.25, 0.3) is 0 Å². The van der Waals surface area contributed by atoms with E-state index < -0.39 is 0 Å². The molecule has 1 nitrogen and oxygen atoms in total. The minimum atomic E-state index is 0.288. The number of nitrogens with zero attached hydrogens (tertiary/aromatic N) is 1. The van der Waals surface area contributed by atoms with Gasteiger partial charge in [-0.3, -0.25) is 0 Å². The highest BCUT2D eigenvalue weighted by molar-refractivity contribution is 4.83. The largest absolute Gasteiger partial charge is 0.302 e. The summed E-state index contributed by atoms with van der Waals surface area (Å²) < 4.78 is 0. The number of hydrogen-bond donors (Lipinski definition) is 0. The van der Waals surface area contributed by atoms with Gasteiger partial charge in [-0.05, 0) is 47.2 Å². The van der Waals surface area contributed by atoms with E-state index in [4.69, 9.17) is 6.42 Å². The number of terminal acetylenes is 1. The van der Waals surface area contributed by atoms with Gasteiger partial charge in [0.1, 0.15) is 0 Å². The van der Waals surface area contributed by atoms with Gasteiger partial charge in [-0.15, -0.1) is 12.3 Å². The summed E-state index contributed by atoms with van der Waals surface area (Å²) in [4.78, 5) is 2.36. The van der Waals surface area contributed by atoms with Gasteiger partial charge in [0.05, 0.1) is 0 Å². The maximum atomic E-state index is 5.17. The van der Waals surface area contributed by atoms with Gasteiger partial charge >= 0.3 is 0 Å². The second-order valence-corrected chi connectivity index (χ2v) is 4.25. The van der Waals surface area contributed by atoms with E-state index in [9.17, 15) is 0 Å². The highest BCUT2D eigenvalue weighted by Crippen LogP contribution is 2.11. The van der Waals surface area contributed by atoms with Crippen molar-refractivity contribution in [3.8, 4) is 12.3 Å². The predicted molar refractivity (Wildman–Crippen MR) is 55.1 cm³/mol. The fraction of sp³-hybridized carbons (Fsp3) is 0.818. The predicted octanol–water partition coefficient (Wildman–Crippen LogP) is 2.52. The molecule has 0 aromatic carbocycles. The zero-order valence-electron chi connectivity index (χ0n) is 8.85. The van der Waals surface area contributed by atoms with Gasteiger partial charge < -0.3 is 4.90 Å². The first kappa shape index (κ1) is 11.5. The zero-order chi connectivity index (χ0) is 9.61. The van der Waals surface area contributed by atoms with E-state index in [-0.39, 0.29) is 5.54 Å². The fourth-order valence-corrected chi connectivity index (χ4v) is 0.911. The molecule has 0 bridgehead atoms. The van der Waals surface area contributed by atoms with Crippen LogP contribution in [0.2, 0.25) is 0 Å². The summed E-state index contributed by atoms with van der Waals surface area (Å²) in [6.07, 6.45) is 8.44. The Labute approximate surface area is 77.1 Å². The summed E-state index contributed by atoms with van der Waals surface area (Å²) in [7, 11) is 2.16. The van der Waals surface area contributed by atoms with Crippen LogP contribution >= 0.6 is 0 Å². The average Bonchev–Trinajstić information content (AvgIpc) is 1.96. The maximum absolute atomic E-state index is 5.17. The molecule has 0 amide bonds. The molecule has 0 aliphatic rings. The first-order chi connectivity index (χ1) is 5.48. The highest BCUT2D eigenvalue weighted by Gasteiger charge is 2.15. The molecule has 0 unspecified atom stereocenters. The van der Waals surface area contributed by atoms with E-state index in [0.29, 0.717) is 0 Å². The Balaban J connectivity index is 3.46. The van der Waals surface area contributed by atoms with Crippen LogP contribution in [0.5, 0.6) is 0 Å². The van der Waals surface area contributed by atoms with Crippen LogP contribution in [-0.2, 0) is 0 Å². The van der Waals surface area contributed by atoms with Crippen molar-refractivity contribution < 1.29 is 0 Å². The van der Waals surface area contributed by atoms with E-state index in [1.165, 1.54) is 6.42 Å². The Morgan fingerprint density at radius 3 is 2.25 bits per heavy atom. The molecule has 0 aliphatic heterocycles.